The number of thiol groups is 1. The average Bonchev–Trinajstić information content (AvgIpc) is 1.33. The van der Waals surface area contributed by atoms with Crippen molar-refractivity contribution in [3.8, 4) is 0 Å². The first-order valence-corrected chi connectivity index (χ1v) is 3.25. The Labute approximate surface area is 85.2 Å². The van der Waals surface area contributed by atoms with Crippen molar-refractivity contribution in [2.24, 2.45) is 0 Å². The Morgan fingerprint density at radius 1 is 1.56 bits per heavy atom. The molecule has 0 unspecified atom stereocenters. The first-order valence-electron chi connectivity index (χ1n) is 1.56. The maximum Gasteiger partial charge on any atom is 1.00 e. The number of hydrogen-bond donors (Lipinski definition) is 3. The Morgan fingerprint density at radius 3 is 1.56 bits per heavy atom. The smallest absolute Gasteiger partial charge is 0.693 e. The quantitative estimate of drug-likeness (QED) is 0.238. The molecule has 0 aliphatic rings. The number of nitrogens with two attached hydrogens (primary N) is 1. The van der Waals surface area contributed by atoms with Crippen molar-refractivity contribution in [2.75, 3.05) is 5.75 Å². The summed E-state index contributed by atoms with van der Waals surface area (Å²) in [4.78, 5) is 0. The van der Waals surface area contributed by atoms with Crippen LogP contribution in [-0.4, -0.2) is 19.1 Å². The molecule has 0 fully saturated rings. The van der Waals surface area contributed by atoms with Crippen LogP contribution in [0.25, 0.3) is 6.15 Å². The Morgan fingerprint density at radius 2 is 1.56 bits per heavy atom. The van der Waals surface area contributed by atoms with E-state index in [-0.39, 0.29) is 35.7 Å². The molecule has 0 saturated carbocycles. The summed E-state index contributed by atoms with van der Waals surface area (Å²) in [5.74, 6) is 0.944. The fraction of sp³-hybridized carbons (Fsp3) is 1.00. The van der Waals surface area contributed by atoms with E-state index in [1.165, 1.54) is 0 Å². The van der Waals surface area contributed by atoms with Crippen molar-refractivity contribution in [1.82, 2.24) is 0 Å². The first-order chi connectivity index (χ1) is 3.15. The minimum atomic E-state index is -2.61. The van der Waals surface area contributed by atoms with Gasteiger partial charge >= 0.3 is 29.6 Å². The third-order valence-corrected chi connectivity index (χ3v) is 0. The minimum Gasteiger partial charge on any atom is -0.693 e. The van der Waals surface area contributed by atoms with E-state index < -0.39 is 11.4 Å². The van der Waals surface area contributed by atoms with Crippen LogP contribution >= 0.6 is 12.6 Å². The van der Waals surface area contributed by atoms with Crippen molar-refractivity contribution in [3.05, 3.63) is 6.15 Å². The number of rotatable bonds is 0. The maximum absolute atomic E-state index is 8.67. The normalized spacial score (nSPS) is 5.89. The van der Waals surface area contributed by atoms with E-state index >= 15 is 0 Å². The Kier molecular flexibility index (Phi) is 56.7. The molecule has 0 amide bonds. The van der Waals surface area contributed by atoms with Gasteiger partial charge in [-0.05, 0) is 5.75 Å². The van der Waals surface area contributed by atoms with Gasteiger partial charge in [-0.2, -0.15) is 16.8 Å². The van der Waals surface area contributed by atoms with Crippen LogP contribution in [-0.2, 0) is 11.4 Å². The summed E-state index contributed by atoms with van der Waals surface area (Å²) < 4.78 is 22.8. The van der Waals surface area contributed by atoms with Crippen LogP contribution in [0.1, 0.15) is 6.92 Å². The topological polar surface area (TPSA) is 91.0 Å². The van der Waals surface area contributed by atoms with Gasteiger partial charge in [-0.1, -0.05) is 6.92 Å². The molecule has 0 atom stereocenters. The summed E-state index contributed by atoms with van der Waals surface area (Å²) >= 11 is 1.18. The van der Waals surface area contributed by atoms with Crippen molar-refractivity contribution < 1.29 is 42.9 Å². The zero-order valence-corrected chi connectivity index (χ0v) is 9.15. The minimum absolute atomic E-state index is 0. The molecule has 0 radical (unpaired) electrons. The molecular weight excluding hydrogens is 173 g/mol. The molecule has 0 aliphatic carbocycles. The summed E-state index contributed by atoms with van der Waals surface area (Å²) in [5.41, 5.74) is 0. The van der Waals surface area contributed by atoms with Crippen molar-refractivity contribution in [3.63, 3.8) is 0 Å². The van der Waals surface area contributed by atoms with E-state index in [0.29, 0.717) is 0 Å². The number of hydrogen-bond acceptors (Lipinski definition) is 2. The van der Waals surface area contributed by atoms with E-state index in [2.05, 4.69) is 12.6 Å². The average molecular weight is 183 g/mol. The molecule has 0 heterocycles. The van der Waals surface area contributed by atoms with Crippen LogP contribution in [0.4, 0.5) is 0 Å². The van der Waals surface area contributed by atoms with E-state index in [9.17, 15) is 0 Å². The van der Waals surface area contributed by atoms with Crippen molar-refractivity contribution in [1.29, 1.82) is 0 Å². The molecule has 4 N–H and O–H groups in total. The van der Waals surface area contributed by atoms with Gasteiger partial charge in [0.25, 0.3) is 11.4 Å². The summed E-state index contributed by atoms with van der Waals surface area (Å²) in [6.07, 6.45) is 0. The molecule has 9 heavy (non-hydrogen) atoms. The molecule has 0 spiro atoms. The molecular formula is C2H10NNaO3S2. The third-order valence-electron chi connectivity index (χ3n) is 0. The predicted octanol–water partition coefficient (Wildman–Crippen LogP) is -1.66. The van der Waals surface area contributed by atoms with E-state index in [1.807, 2.05) is 6.92 Å². The molecule has 4 nitrogen and oxygen atoms in total. The van der Waals surface area contributed by atoms with Crippen LogP contribution in [0.2, 0.25) is 0 Å². The van der Waals surface area contributed by atoms with Crippen LogP contribution in [0, 0.1) is 0 Å². The monoisotopic (exact) mass is 183 g/mol. The first kappa shape index (κ1) is 22.4. The SMILES string of the molecule is CCS.O=S(O)O.[NH2-].[Na+]. The van der Waals surface area contributed by atoms with E-state index in [0.717, 1.165) is 5.75 Å². The van der Waals surface area contributed by atoms with Crippen molar-refractivity contribution in [2.45, 2.75) is 6.92 Å². The molecule has 0 aliphatic heterocycles. The Hall–Kier alpha value is 1.38. The van der Waals surface area contributed by atoms with E-state index in [4.69, 9.17) is 13.3 Å². The van der Waals surface area contributed by atoms with Crippen LogP contribution in [0.3, 0.4) is 0 Å². The summed E-state index contributed by atoms with van der Waals surface area (Å²) in [6.45, 7) is 1.99. The van der Waals surface area contributed by atoms with Crippen LogP contribution in [0.5, 0.6) is 0 Å². The summed E-state index contributed by atoms with van der Waals surface area (Å²) in [6, 6.07) is 0. The van der Waals surface area contributed by atoms with Gasteiger partial charge in [-0.3, -0.25) is 9.11 Å². The second-order valence-electron chi connectivity index (χ2n) is 0.547. The predicted molar refractivity (Wildman–Crippen MR) is 38.2 cm³/mol. The van der Waals surface area contributed by atoms with Crippen LogP contribution < -0.4 is 29.6 Å². The molecule has 7 heteroatoms. The van der Waals surface area contributed by atoms with Gasteiger partial charge < -0.3 is 6.15 Å². The van der Waals surface area contributed by atoms with Gasteiger partial charge in [0.2, 0.25) is 0 Å². The molecule has 54 valence electrons. The molecule has 0 bridgehead atoms. The zero-order valence-electron chi connectivity index (χ0n) is 5.44. The largest absolute Gasteiger partial charge is 1.00 e. The van der Waals surface area contributed by atoms with Gasteiger partial charge in [-0.15, -0.1) is 0 Å². The third kappa shape index (κ3) is 268. The summed E-state index contributed by atoms with van der Waals surface area (Å²) in [7, 11) is 0. The fourth-order valence-electron chi connectivity index (χ4n) is 0. The summed E-state index contributed by atoms with van der Waals surface area (Å²) in [5, 5.41) is 0. The molecule has 0 rings (SSSR count). The van der Waals surface area contributed by atoms with Gasteiger partial charge in [0.15, 0.2) is 0 Å². The fourth-order valence-corrected chi connectivity index (χ4v) is 0. The second kappa shape index (κ2) is 22.8. The maximum atomic E-state index is 8.67. The van der Waals surface area contributed by atoms with Crippen LogP contribution in [0.15, 0.2) is 0 Å². The van der Waals surface area contributed by atoms with E-state index in [1.54, 1.807) is 0 Å². The van der Waals surface area contributed by atoms with Gasteiger partial charge in [0, 0.05) is 0 Å². The molecule has 0 saturated heterocycles. The Bertz CT molecular complexity index is 51.1. The molecule has 0 aromatic rings. The molecule has 0 aromatic heterocycles. The standard InChI is InChI=1S/C2H6S.H2N.Na.H2O3S/c1-2-3;;;1-4(2)3/h3H,2H2,1H3;1H2;;(H2,1,2,3)/q;-1;+1;. The molecule has 0 aromatic carbocycles. The van der Waals surface area contributed by atoms with Gasteiger partial charge in [0.05, 0.1) is 0 Å². The van der Waals surface area contributed by atoms with Crippen molar-refractivity contribution >= 4 is 24.0 Å². The zero-order chi connectivity index (χ0) is 6.28. The second-order valence-corrected chi connectivity index (χ2v) is 1.64. The van der Waals surface area contributed by atoms with Gasteiger partial charge in [-0.25, -0.2) is 0 Å². The van der Waals surface area contributed by atoms with Gasteiger partial charge in [0.1, 0.15) is 0 Å². The Balaban J connectivity index is -0.0000000233.